The molecule has 1 aliphatic heterocycles. The van der Waals surface area contributed by atoms with Crippen LogP contribution in [-0.2, 0) is 4.79 Å². The number of aromatic nitrogens is 2. The number of carboxylic acid groups (broad SMARTS) is 1. The number of benzene rings is 1. The lowest BCUT2D eigenvalue weighted by Crippen LogP contribution is -2.43. The molecule has 0 spiro atoms. The molecule has 6 nitrogen and oxygen atoms in total. The summed E-state index contributed by atoms with van der Waals surface area (Å²) < 4.78 is 3.31. The Hall–Kier alpha value is -2.77. The van der Waals surface area contributed by atoms with Crippen molar-refractivity contribution in [3.63, 3.8) is 0 Å². The summed E-state index contributed by atoms with van der Waals surface area (Å²) in [4.78, 5) is 23.3. The topological polar surface area (TPSA) is 78.4 Å². The van der Waals surface area contributed by atoms with E-state index < -0.39 is 11.4 Å². The summed E-state index contributed by atoms with van der Waals surface area (Å²) in [5, 5.41) is 10.9. The summed E-state index contributed by atoms with van der Waals surface area (Å²) in [6.45, 7) is 3.19. The second-order valence-electron chi connectivity index (χ2n) is 9.28. The SMILES string of the molecule is CC1(C(=O)O)CCN(c2cccc(SNc3ccc(Cl)c(-c4ccccc4C4CC4)n3)n2)CC1. The van der Waals surface area contributed by atoms with Crippen molar-refractivity contribution in [2.24, 2.45) is 5.41 Å². The molecule has 2 N–H and O–H groups in total. The molecule has 1 aliphatic carbocycles. The normalized spacial score (nSPS) is 17.4. The van der Waals surface area contributed by atoms with E-state index in [0.29, 0.717) is 36.9 Å². The number of rotatable bonds is 7. The Morgan fingerprint density at radius 1 is 1.09 bits per heavy atom. The molecule has 2 aromatic heterocycles. The van der Waals surface area contributed by atoms with Gasteiger partial charge in [-0.15, -0.1) is 0 Å². The number of piperidine rings is 1. The second-order valence-corrected chi connectivity index (χ2v) is 10.5. The highest BCUT2D eigenvalue weighted by molar-refractivity contribution is 8.00. The number of carbonyl (C=O) groups is 1. The van der Waals surface area contributed by atoms with Crippen LogP contribution in [0.3, 0.4) is 0 Å². The maximum atomic E-state index is 11.5. The Bertz CT molecular complexity index is 1210. The molecular weight excluding hydrogens is 468 g/mol. The smallest absolute Gasteiger partial charge is 0.309 e. The van der Waals surface area contributed by atoms with Gasteiger partial charge in [0.15, 0.2) is 0 Å². The number of anilines is 2. The van der Waals surface area contributed by atoms with E-state index in [1.54, 1.807) is 0 Å². The number of aliphatic carboxylic acids is 1. The zero-order valence-electron chi connectivity index (χ0n) is 19.0. The van der Waals surface area contributed by atoms with Gasteiger partial charge in [0.1, 0.15) is 16.7 Å². The highest BCUT2D eigenvalue weighted by atomic mass is 35.5. The number of hydrogen-bond acceptors (Lipinski definition) is 6. The first kappa shape index (κ1) is 23.0. The predicted molar refractivity (Wildman–Crippen MR) is 138 cm³/mol. The highest BCUT2D eigenvalue weighted by Crippen LogP contribution is 2.45. The van der Waals surface area contributed by atoms with Gasteiger partial charge in [0.2, 0.25) is 0 Å². The first-order valence-electron chi connectivity index (χ1n) is 11.6. The maximum Gasteiger partial charge on any atom is 0.309 e. The minimum absolute atomic E-state index is 0.607. The molecule has 2 aliphatic rings. The van der Waals surface area contributed by atoms with Crippen LogP contribution in [0.2, 0.25) is 5.02 Å². The lowest BCUT2D eigenvalue weighted by atomic mass is 9.80. The largest absolute Gasteiger partial charge is 0.481 e. The number of nitrogens with one attached hydrogen (secondary N) is 1. The molecule has 5 rings (SSSR count). The van der Waals surface area contributed by atoms with Crippen LogP contribution in [0.5, 0.6) is 0 Å². The molecule has 3 aromatic rings. The molecule has 3 heterocycles. The van der Waals surface area contributed by atoms with Gasteiger partial charge >= 0.3 is 5.97 Å². The predicted octanol–water partition coefficient (Wildman–Crippen LogP) is 6.48. The zero-order chi connectivity index (χ0) is 23.7. The third-order valence-electron chi connectivity index (χ3n) is 6.76. The number of nitrogens with zero attached hydrogens (tertiary/aromatic N) is 3. The van der Waals surface area contributed by atoms with E-state index in [1.807, 2.05) is 43.3 Å². The lowest BCUT2D eigenvalue weighted by molar-refractivity contribution is -0.149. The fourth-order valence-corrected chi connectivity index (χ4v) is 5.15. The van der Waals surface area contributed by atoms with Gasteiger partial charge in [0.05, 0.1) is 16.1 Å². The Morgan fingerprint density at radius 3 is 2.59 bits per heavy atom. The van der Waals surface area contributed by atoms with Crippen molar-refractivity contribution >= 4 is 41.2 Å². The van der Waals surface area contributed by atoms with Crippen molar-refractivity contribution in [3.8, 4) is 11.3 Å². The van der Waals surface area contributed by atoms with Crippen LogP contribution < -0.4 is 9.62 Å². The van der Waals surface area contributed by atoms with Gasteiger partial charge in [0, 0.05) is 30.6 Å². The molecule has 1 saturated heterocycles. The van der Waals surface area contributed by atoms with Gasteiger partial charge in [-0.1, -0.05) is 41.9 Å². The average Bonchev–Trinajstić information content (AvgIpc) is 3.70. The van der Waals surface area contributed by atoms with E-state index >= 15 is 0 Å². The van der Waals surface area contributed by atoms with Crippen LogP contribution in [0.4, 0.5) is 11.6 Å². The van der Waals surface area contributed by atoms with Crippen LogP contribution in [-0.4, -0.2) is 34.1 Å². The lowest BCUT2D eigenvalue weighted by Gasteiger charge is -2.37. The minimum Gasteiger partial charge on any atom is -0.481 e. The average molecular weight is 495 g/mol. The molecule has 0 amide bonds. The van der Waals surface area contributed by atoms with Gasteiger partial charge in [-0.05, 0) is 68.4 Å². The van der Waals surface area contributed by atoms with Crippen LogP contribution >= 0.6 is 23.5 Å². The molecule has 34 heavy (non-hydrogen) atoms. The molecule has 1 aromatic carbocycles. The molecule has 0 atom stereocenters. The zero-order valence-corrected chi connectivity index (χ0v) is 20.6. The summed E-state index contributed by atoms with van der Waals surface area (Å²) in [5.74, 6) is 1.47. The molecule has 8 heteroatoms. The molecule has 1 saturated carbocycles. The van der Waals surface area contributed by atoms with Crippen molar-refractivity contribution in [3.05, 3.63) is 65.2 Å². The second kappa shape index (κ2) is 9.47. The monoisotopic (exact) mass is 494 g/mol. The van der Waals surface area contributed by atoms with Crippen molar-refractivity contribution < 1.29 is 9.90 Å². The summed E-state index contributed by atoms with van der Waals surface area (Å²) >= 11 is 7.94. The van der Waals surface area contributed by atoms with E-state index in [-0.39, 0.29) is 0 Å². The van der Waals surface area contributed by atoms with Crippen molar-refractivity contribution in [1.29, 1.82) is 0 Å². The van der Waals surface area contributed by atoms with Gasteiger partial charge in [-0.2, -0.15) is 0 Å². The number of halogens is 1. The molecular formula is C26H27ClN4O2S. The van der Waals surface area contributed by atoms with Crippen LogP contribution in [0, 0.1) is 5.41 Å². The summed E-state index contributed by atoms with van der Waals surface area (Å²) in [5.41, 5.74) is 2.56. The van der Waals surface area contributed by atoms with Crippen LogP contribution in [0.1, 0.15) is 44.1 Å². The fraction of sp³-hybridized carbons (Fsp3) is 0.346. The number of hydrogen-bond donors (Lipinski definition) is 2. The number of pyridine rings is 2. The van der Waals surface area contributed by atoms with Gasteiger partial charge < -0.3 is 14.7 Å². The molecule has 0 radical (unpaired) electrons. The van der Waals surface area contributed by atoms with Crippen molar-refractivity contribution in [2.75, 3.05) is 22.7 Å². The van der Waals surface area contributed by atoms with E-state index in [9.17, 15) is 9.90 Å². The third kappa shape index (κ3) is 4.86. The quantitative estimate of drug-likeness (QED) is 0.363. The molecule has 176 valence electrons. The Labute approximate surface area is 208 Å². The van der Waals surface area contributed by atoms with Gasteiger partial charge in [-0.3, -0.25) is 4.79 Å². The Morgan fingerprint density at radius 2 is 1.85 bits per heavy atom. The first-order valence-corrected chi connectivity index (χ1v) is 12.8. The third-order valence-corrected chi connectivity index (χ3v) is 7.81. The van der Waals surface area contributed by atoms with E-state index in [0.717, 1.165) is 27.9 Å². The Balaban J connectivity index is 1.28. The highest BCUT2D eigenvalue weighted by Gasteiger charge is 2.37. The molecule has 0 unspecified atom stereocenters. The van der Waals surface area contributed by atoms with Gasteiger partial charge in [-0.25, -0.2) is 9.97 Å². The van der Waals surface area contributed by atoms with Crippen LogP contribution in [0.15, 0.2) is 59.6 Å². The standard InChI is InChI=1S/C26H27ClN4O2S/c1-26(25(32)33)13-15-31(16-14-26)22-7-4-8-23(29-22)34-30-21-12-11-20(27)24(28-21)19-6-3-2-5-18(19)17-9-10-17/h2-8,11-12,17H,9-10,13-16H2,1H3,(H,28,30)(H,32,33). The fourth-order valence-electron chi connectivity index (χ4n) is 4.34. The van der Waals surface area contributed by atoms with Gasteiger partial charge in [0.25, 0.3) is 0 Å². The molecule has 2 fully saturated rings. The first-order chi connectivity index (χ1) is 16.4. The van der Waals surface area contributed by atoms with Crippen molar-refractivity contribution in [2.45, 2.75) is 43.6 Å². The Kier molecular flexibility index (Phi) is 6.40. The van der Waals surface area contributed by atoms with Crippen molar-refractivity contribution in [1.82, 2.24) is 9.97 Å². The van der Waals surface area contributed by atoms with E-state index in [4.69, 9.17) is 21.6 Å². The molecule has 0 bridgehead atoms. The number of carboxylic acids is 1. The summed E-state index contributed by atoms with van der Waals surface area (Å²) in [6, 6.07) is 18.0. The van der Waals surface area contributed by atoms with E-state index in [1.165, 1.54) is 30.4 Å². The van der Waals surface area contributed by atoms with E-state index in [2.05, 4.69) is 27.8 Å². The summed E-state index contributed by atoms with van der Waals surface area (Å²) in [6.07, 6.45) is 3.66. The summed E-state index contributed by atoms with van der Waals surface area (Å²) in [7, 11) is 0. The van der Waals surface area contributed by atoms with Crippen LogP contribution in [0.25, 0.3) is 11.3 Å². The maximum absolute atomic E-state index is 11.5. The minimum atomic E-state index is -0.719.